The van der Waals surface area contributed by atoms with E-state index in [9.17, 15) is 0 Å². The number of pyridine rings is 1. The van der Waals surface area contributed by atoms with Crippen LogP contribution in [0.2, 0.25) is 5.02 Å². The molecule has 0 fully saturated rings. The largest absolute Gasteiger partial charge is 0.493 e. The molecular formula is C18H19ClN4O4. The van der Waals surface area contributed by atoms with Gasteiger partial charge in [0.25, 0.3) is 0 Å². The summed E-state index contributed by atoms with van der Waals surface area (Å²) in [6.07, 6.45) is 1.67. The molecule has 0 aliphatic heterocycles. The maximum Gasteiger partial charge on any atom is 0.309 e. The van der Waals surface area contributed by atoms with Crippen molar-refractivity contribution in [1.29, 1.82) is 0 Å². The molecular weight excluding hydrogens is 372 g/mol. The fourth-order valence-corrected chi connectivity index (χ4v) is 2.41. The van der Waals surface area contributed by atoms with Gasteiger partial charge in [0.15, 0.2) is 11.5 Å². The van der Waals surface area contributed by atoms with E-state index in [4.69, 9.17) is 36.3 Å². The van der Waals surface area contributed by atoms with Gasteiger partial charge in [0, 0.05) is 23.7 Å². The number of nitrogens with two attached hydrogens (primary N) is 3. The summed E-state index contributed by atoms with van der Waals surface area (Å²) in [5.41, 5.74) is 15.5. The summed E-state index contributed by atoms with van der Waals surface area (Å²) in [6, 6.07) is 9.70. The average molecular weight is 391 g/mol. The van der Waals surface area contributed by atoms with Crippen LogP contribution in [0.25, 0.3) is 10.9 Å². The molecule has 9 heteroatoms. The quantitative estimate of drug-likeness (QED) is 0.584. The Kier molecular flexibility index (Phi) is 6.51. The van der Waals surface area contributed by atoms with E-state index in [0.29, 0.717) is 33.7 Å². The zero-order chi connectivity index (χ0) is 20.0. The van der Waals surface area contributed by atoms with Crippen LogP contribution in [0.5, 0.6) is 23.0 Å². The Hall–Kier alpha value is -3.39. The van der Waals surface area contributed by atoms with Gasteiger partial charge in [-0.25, -0.2) is 4.79 Å². The van der Waals surface area contributed by atoms with E-state index < -0.39 is 6.03 Å². The summed E-state index contributed by atoms with van der Waals surface area (Å²) in [6.45, 7) is 0. The Labute approximate surface area is 160 Å². The molecule has 0 saturated carbocycles. The number of hydrogen-bond donors (Lipinski definition) is 3. The van der Waals surface area contributed by atoms with E-state index in [1.807, 2.05) is 6.07 Å². The number of nitrogens with zero attached hydrogens (tertiary/aromatic N) is 1. The van der Waals surface area contributed by atoms with Crippen LogP contribution in [0.15, 0.2) is 42.6 Å². The standard InChI is InChI=1S/C17H15ClN2O3.CH4N2O/c1-21-16-8-11-14(9-17(16)22-2)20-6-5-15(11)23-10-3-4-13(19)12(18)7-10;2-1(3)4/h3-9H,19H2,1-2H3;(H4,2,3,4). The molecule has 2 amide bonds. The molecule has 0 unspecified atom stereocenters. The van der Waals surface area contributed by atoms with Crippen molar-refractivity contribution < 1.29 is 19.0 Å². The minimum atomic E-state index is -0.833. The lowest BCUT2D eigenvalue weighted by Gasteiger charge is -2.12. The highest BCUT2D eigenvalue weighted by atomic mass is 35.5. The third kappa shape index (κ3) is 5.05. The number of primary amides is 2. The van der Waals surface area contributed by atoms with Crippen molar-refractivity contribution in [1.82, 2.24) is 4.98 Å². The van der Waals surface area contributed by atoms with E-state index in [2.05, 4.69) is 16.5 Å². The van der Waals surface area contributed by atoms with Crippen LogP contribution in [0, 0.1) is 0 Å². The summed E-state index contributed by atoms with van der Waals surface area (Å²) in [5, 5.41) is 1.25. The first-order valence-corrected chi connectivity index (χ1v) is 8.02. The third-order valence-corrected chi connectivity index (χ3v) is 3.73. The molecule has 0 aliphatic rings. The highest BCUT2D eigenvalue weighted by Crippen LogP contribution is 2.37. The molecule has 0 radical (unpaired) electrons. The Bertz CT molecular complexity index is 961. The van der Waals surface area contributed by atoms with Gasteiger partial charge in [-0.05, 0) is 24.3 Å². The van der Waals surface area contributed by atoms with E-state index in [-0.39, 0.29) is 0 Å². The lowest BCUT2D eigenvalue weighted by atomic mass is 10.2. The number of halogens is 1. The van der Waals surface area contributed by atoms with Crippen molar-refractivity contribution in [2.75, 3.05) is 20.0 Å². The monoisotopic (exact) mass is 390 g/mol. The molecule has 0 atom stereocenters. The summed E-state index contributed by atoms with van der Waals surface area (Å²) >= 11 is 6.03. The normalized spacial score (nSPS) is 9.89. The fourth-order valence-electron chi connectivity index (χ4n) is 2.23. The van der Waals surface area contributed by atoms with Crippen LogP contribution >= 0.6 is 11.6 Å². The topological polar surface area (TPSA) is 136 Å². The van der Waals surface area contributed by atoms with E-state index >= 15 is 0 Å². The van der Waals surface area contributed by atoms with Gasteiger partial charge in [-0.2, -0.15) is 0 Å². The molecule has 3 rings (SSSR count). The van der Waals surface area contributed by atoms with Crippen molar-refractivity contribution in [2.24, 2.45) is 11.5 Å². The summed E-state index contributed by atoms with van der Waals surface area (Å²) < 4.78 is 16.6. The lowest BCUT2D eigenvalue weighted by molar-refractivity contribution is 0.256. The predicted molar refractivity (Wildman–Crippen MR) is 105 cm³/mol. The summed E-state index contributed by atoms with van der Waals surface area (Å²) in [7, 11) is 3.17. The molecule has 0 bridgehead atoms. The van der Waals surface area contributed by atoms with Crippen molar-refractivity contribution in [3.05, 3.63) is 47.6 Å². The SMILES string of the molecule is COc1cc2nccc(Oc3ccc(N)c(Cl)c3)c2cc1OC.NC(N)=O. The molecule has 0 saturated heterocycles. The molecule has 3 aromatic rings. The molecule has 1 heterocycles. The molecule has 142 valence electrons. The highest BCUT2D eigenvalue weighted by Gasteiger charge is 2.11. The number of carbonyl (C=O) groups excluding carboxylic acids is 1. The van der Waals surface area contributed by atoms with Crippen molar-refractivity contribution in [3.8, 4) is 23.0 Å². The number of hydrogen-bond acceptors (Lipinski definition) is 6. The van der Waals surface area contributed by atoms with E-state index in [1.54, 1.807) is 50.7 Å². The first-order valence-electron chi connectivity index (χ1n) is 7.64. The number of carbonyl (C=O) groups is 1. The number of benzene rings is 2. The van der Waals surface area contributed by atoms with Gasteiger partial charge >= 0.3 is 6.03 Å². The molecule has 2 aromatic carbocycles. The number of rotatable bonds is 4. The summed E-state index contributed by atoms with van der Waals surface area (Å²) in [5.74, 6) is 2.44. The Morgan fingerprint density at radius 1 is 1.00 bits per heavy atom. The van der Waals surface area contributed by atoms with Gasteiger partial charge in [0.05, 0.1) is 30.4 Å². The number of fused-ring (bicyclic) bond motifs is 1. The number of methoxy groups -OCH3 is 2. The van der Waals surface area contributed by atoms with Crippen LogP contribution in [-0.2, 0) is 0 Å². The average Bonchev–Trinajstić information content (AvgIpc) is 2.63. The third-order valence-electron chi connectivity index (χ3n) is 3.41. The Morgan fingerprint density at radius 2 is 1.63 bits per heavy atom. The Balaban J connectivity index is 0.000000596. The number of anilines is 1. The zero-order valence-electron chi connectivity index (χ0n) is 14.7. The van der Waals surface area contributed by atoms with Gasteiger partial charge in [0.2, 0.25) is 0 Å². The highest BCUT2D eigenvalue weighted by molar-refractivity contribution is 6.33. The molecule has 27 heavy (non-hydrogen) atoms. The van der Waals surface area contributed by atoms with Gasteiger partial charge in [-0.15, -0.1) is 0 Å². The summed E-state index contributed by atoms with van der Waals surface area (Å²) in [4.78, 5) is 13.3. The Morgan fingerprint density at radius 3 is 2.22 bits per heavy atom. The maximum absolute atomic E-state index is 9.00. The van der Waals surface area contributed by atoms with Crippen LogP contribution in [0.4, 0.5) is 10.5 Å². The minimum absolute atomic E-state index is 0.445. The fraction of sp³-hybridized carbons (Fsp3) is 0.111. The minimum Gasteiger partial charge on any atom is -0.493 e. The number of amides is 2. The zero-order valence-corrected chi connectivity index (χ0v) is 15.5. The molecule has 1 aromatic heterocycles. The van der Waals surface area contributed by atoms with Crippen molar-refractivity contribution in [2.45, 2.75) is 0 Å². The van der Waals surface area contributed by atoms with Crippen LogP contribution < -0.4 is 31.4 Å². The van der Waals surface area contributed by atoms with Gasteiger partial charge < -0.3 is 31.4 Å². The van der Waals surface area contributed by atoms with Crippen LogP contribution in [-0.4, -0.2) is 25.2 Å². The number of nitrogen functional groups attached to an aromatic ring is 1. The van der Waals surface area contributed by atoms with Gasteiger partial charge in [-0.3, -0.25) is 4.98 Å². The first-order chi connectivity index (χ1) is 12.8. The molecule has 0 spiro atoms. The number of urea groups is 1. The molecule has 0 aliphatic carbocycles. The second kappa shape index (κ2) is 8.81. The van der Waals surface area contributed by atoms with Gasteiger partial charge in [-0.1, -0.05) is 11.6 Å². The lowest BCUT2D eigenvalue weighted by Crippen LogP contribution is -2.18. The number of aromatic nitrogens is 1. The van der Waals surface area contributed by atoms with E-state index in [1.165, 1.54) is 0 Å². The van der Waals surface area contributed by atoms with Crippen molar-refractivity contribution >= 4 is 34.2 Å². The second-order valence-corrected chi connectivity index (χ2v) is 5.63. The van der Waals surface area contributed by atoms with Crippen LogP contribution in [0.3, 0.4) is 0 Å². The second-order valence-electron chi connectivity index (χ2n) is 5.22. The number of ether oxygens (including phenoxy) is 3. The smallest absolute Gasteiger partial charge is 0.309 e. The maximum atomic E-state index is 9.00. The van der Waals surface area contributed by atoms with E-state index in [0.717, 1.165) is 10.9 Å². The predicted octanol–water partition coefficient (Wildman–Crippen LogP) is 3.30. The van der Waals surface area contributed by atoms with Crippen molar-refractivity contribution in [3.63, 3.8) is 0 Å². The molecule has 6 N–H and O–H groups in total. The van der Waals surface area contributed by atoms with Gasteiger partial charge in [0.1, 0.15) is 11.5 Å². The molecule has 8 nitrogen and oxygen atoms in total. The first kappa shape index (κ1) is 19.9. The van der Waals surface area contributed by atoms with Crippen LogP contribution in [0.1, 0.15) is 0 Å².